The Morgan fingerprint density at radius 1 is 1.33 bits per heavy atom. The molecule has 4 heteroatoms. The van der Waals surface area contributed by atoms with Gasteiger partial charge < -0.3 is 4.42 Å². The molecule has 1 aliphatic rings. The summed E-state index contributed by atoms with van der Waals surface area (Å²) < 4.78 is 6.30. The molecule has 0 radical (unpaired) electrons. The molecule has 0 unspecified atom stereocenters. The fraction of sp³-hybridized carbons (Fsp3) is 0.545. The number of hydrogen-bond acceptors (Lipinski definition) is 3. The fourth-order valence-electron chi connectivity index (χ4n) is 2.25. The molecule has 2 aromatic heterocycles. The van der Waals surface area contributed by atoms with Gasteiger partial charge in [-0.2, -0.15) is 0 Å². The van der Waals surface area contributed by atoms with Gasteiger partial charge in [-0.25, -0.2) is 4.98 Å². The van der Waals surface area contributed by atoms with Crippen molar-refractivity contribution in [3.63, 3.8) is 0 Å². The van der Waals surface area contributed by atoms with Crippen molar-refractivity contribution in [2.75, 3.05) is 0 Å². The van der Waals surface area contributed by atoms with E-state index in [2.05, 4.69) is 20.9 Å². The maximum absolute atomic E-state index is 5.51. The molecule has 0 aliphatic heterocycles. The lowest BCUT2D eigenvalue weighted by Crippen LogP contribution is -2.03. The molecular formula is C11H12BrNOS. The van der Waals surface area contributed by atoms with Gasteiger partial charge in [0.05, 0.1) is 0 Å². The first-order valence-corrected chi connectivity index (χ1v) is 6.99. The maximum atomic E-state index is 5.51. The predicted octanol–water partition coefficient (Wildman–Crippen LogP) is 4.70. The zero-order valence-corrected chi connectivity index (χ0v) is 10.7. The number of rotatable bonds is 1. The van der Waals surface area contributed by atoms with Gasteiger partial charge in [-0.15, -0.1) is 0 Å². The van der Waals surface area contributed by atoms with E-state index in [0.717, 1.165) is 15.1 Å². The summed E-state index contributed by atoms with van der Waals surface area (Å²) in [6, 6.07) is 1.96. The molecule has 3 rings (SSSR count). The molecule has 0 bridgehead atoms. The van der Waals surface area contributed by atoms with Crippen LogP contribution < -0.4 is 0 Å². The molecule has 0 aromatic carbocycles. The first kappa shape index (κ1) is 9.85. The van der Waals surface area contributed by atoms with Crippen LogP contribution in [0, 0.1) is 0 Å². The monoisotopic (exact) mass is 285 g/mol. The van der Waals surface area contributed by atoms with E-state index >= 15 is 0 Å². The molecule has 15 heavy (non-hydrogen) atoms. The summed E-state index contributed by atoms with van der Waals surface area (Å²) in [7, 11) is 0. The molecule has 2 aromatic rings. The summed E-state index contributed by atoms with van der Waals surface area (Å²) in [5, 5.41) is 1.27. The molecule has 0 amide bonds. The minimum absolute atomic E-state index is 0.685. The van der Waals surface area contributed by atoms with E-state index in [4.69, 9.17) is 4.42 Å². The second-order valence-corrected chi connectivity index (χ2v) is 5.89. The van der Waals surface area contributed by atoms with Crippen LogP contribution in [0.4, 0.5) is 0 Å². The van der Waals surface area contributed by atoms with Crippen LogP contribution in [0.3, 0.4) is 0 Å². The number of hydrogen-bond donors (Lipinski definition) is 0. The first-order valence-electron chi connectivity index (χ1n) is 5.39. The Bertz CT molecular complexity index is 438. The van der Waals surface area contributed by atoms with Crippen LogP contribution in [0.25, 0.3) is 10.4 Å². The fourth-order valence-corrected chi connectivity index (χ4v) is 3.81. The van der Waals surface area contributed by atoms with Gasteiger partial charge >= 0.3 is 0 Å². The molecule has 0 saturated heterocycles. The van der Waals surface area contributed by atoms with Crippen molar-refractivity contribution in [2.45, 2.75) is 38.0 Å². The van der Waals surface area contributed by atoms with E-state index in [1.54, 1.807) is 11.3 Å². The molecule has 2 nitrogen and oxygen atoms in total. The topological polar surface area (TPSA) is 26.0 Å². The van der Waals surface area contributed by atoms with Gasteiger partial charge in [0.2, 0.25) is 4.90 Å². The number of fused-ring (bicyclic) bond motifs is 1. The van der Waals surface area contributed by atoms with Crippen LogP contribution in [0.1, 0.15) is 43.0 Å². The van der Waals surface area contributed by atoms with Crippen LogP contribution in [-0.4, -0.2) is 4.98 Å². The largest absolute Gasteiger partial charge is 0.437 e. The standard InChI is InChI=1S/C11H12BrNOS/c12-9-6-8-11(14-9)15-10(13-8)7-4-2-1-3-5-7/h6-7H,1-5H2. The number of thiazole rings is 1. The molecule has 2 heterocycles. The smallest absolute Gasteiger partial charge is 0.209 e. The average molecular weight is 286 g/mol. The lowest BCUT2D eigenvalue weighted by molar-refractivity contribution is 0.443. The van der Waals surface area contributed by atoms with E-state index < -0.39 is 0 Å². The van der Waals surface area contributed by atoms with Gasteiger partial charge in [0.15, 0.2) is 4.67 Å². The highest BCUT2D eigenvalue weighted by Gasteiger charge is 2.20. The highest BCUT2D eigenvalue weighted by Crippen LogP contribution is 2.38. The Labute approximate surface area is 101 Å². The normalized spacial score (nSPS) is 18.7. The lowest BCUT2D eigenvalue weighted by Gasteiger charge is -2.18. The van der Waals surface area contributed by atoms with E-state index in [1.165, 1.54) is 37.1 Å². The van der Waals surface area contributed by atoms with Gasteiger partial charge in [0, 0.05) is 12.0 Å². The molecular weight excluding hydrogens is 274 g/mol. The minimum Gasteiger partial charge on any atom is -0.437 e. The second kappa shape index (κ2) is 3.91. The van der Waals surface area contributed by atoms with E-state index in [-0.39, 0.29) is 0 Å². The van der Waals surface area contributed by atoms with Crippen LogP contribution in [-0.2, 0) is 0 Å². The van der Waals surface area contributed by atoms with Crippen molar-refractivity contribution < 1.29 is 4.42 Å². The van der Waals surface area contributed by atoms with Crippen LogP contribution in [0.5, 0.6) is 0 Å². The number of furan rings is 1. The third kappa shape index (κ3) is 1.85. The van der Waals surface area contributed by atoms with E-state index in [9.17, 15) is 0 Å². The Hall–Kier alpha value is -0.350. The third-order valence-corrected chi connectivity index (χ3v) is 4.53. The second-order valence-electron chi connectivity index (χ2n) is 4.11. The first-order chi connectivity index (χ1) is 7.33. The van der Waals surface area contributed by atoms with Crippen molar-refractivity contribution in [1.82, 2.24) is 4.98 Å². The molecule has 0 spiro atoms. The molecule has 0 N–H and O–H groups in total. The van der Waals surface area contributed by atoms with Crippen molar-refractivity contribution in [3.05, 3.63) is 15.7 Å². The summed E-state index contributed by atoms with van der Waals surface area (Å²) in [6.07, 6.45) is 6.71. The lowest BCUT2D eigenvalue weighted by atomic mass is 9.90. The molecule has 80 valence electrons. The predicted molar refractivity (Wildman–Crippen MR) is 65.4 cm³/mol. The molecule has 1 saturated carbocycles. The third-order valence-electron chi connectivity index (χ3n) is 3.03. The average Bonchev–Trinajstić information content (AvgIpc) is 2.76. The summed E-state index contributed by atoms with van der Waals surface area (Å²) in [5.74, 6) is 0.685. The zero-order chi connectivity index (χ0) is 10.3. The van der Waals surface area contributed by atoms with Gasteiger partial charge in [-0.3, -0.25) is 0 Å². The number of nitrogens with zero attached hydrogens (tertiary/aromatic N) is 1. The number of aromatic nitrogens is 1. The Morgan fingerprint density at radius 3 is 2.87 bits per heavy atom. The van der Waals surface area contributed by atoms with Gasteiger partial charge in [0.1, 0.15) is 10.5 Å². The van der Waals surface area contributed by atoms with Crippen LogP contribution >= 0.6 is 27.3 Å². The zero-order valence-electron chi connectivity index (χ0n) is 8.33. The summed E-state index contributed by atoms with van der Waals surface area (Å²) >= 11 is 5.04. The summed E-state index contributed by atoms with van der Waals surface area (Å²) in [4.78, 5) is 5.61. The van der Waals surface area contributed by atoms with Crippen molar-refractivity contribution in [3.8, 4) is 0 Å². The van der Waals surface area contributed by atoms with Crippen LogP contribution in [0.15, 0.2) is 15.2 Å². The van der Waals surface area contributed by atoms with E-state index in [1.807, 2.05) is 6.07 Å². The van der Waals surface area contributed by atoms with Crippen molar-refractivity contribution in [1.29, 1.82) is 0 Å². The van der Waals surface area contributed by atoms with Crippen molar-refractivity contribution >= 4 is 37.7 Å². The van der Waals surface area contributed by atoms with Crippen LogP contribution in [0.2, 0.25) is 0 Å². The summed E-state index contributed by atoms with van der Waals surface area (Å²) in [5.41, 5.74) is 1.01. The summed E-state index contributed by atoms with van der Waals surface area (Å²) in [6.45, 7) is 0. The SMILES string of the molecule is Brc1cc2nc(C3CCCCC3)sc2o1. The number of halogens is 1. The van der Waals surface area contributed by atoms with E-state index in [0.29, 0.717) is 5.92 Å². The van der Waals surface area contributed by atoms with Gasteiger partial charge in [0.25, 0.3) is 0 Å². The Kier molecular flexibility index (Phi) is 2.56. The quantitative estimate of drug-likeness (QED) is 0.759. The van der Waals surface area contributed by atoms with Gasteiger partial charge in [-0.05, 0) is 28.8 Å². The molecule has 1 fully saturated rings. The van der Waals surface area contributed by atoms with Gasteiger partial charge in [-0.1, -0.05) is 30.6 Å². The highest BCUT2D eigenvalue weighted by atomic mass is 79.9. The maximum Gasteiger partial charge on any atom is 0.209 e. The molecule has 1 aliphatic carbocycles. The Morgan fingerprint density at radius 2 is 2.13 bits per heavy atom. The minimum atomic E-state index is 0.685. The Balaban J connectivity index is 1.93. The van der Waals surface area contributed by atoms with Crippen molar-refractivity contribution in [2.24, 2.45) is 0 Å². The highest BCUT2D eigenvalue weighted by molar-refractivity contribution is 9.10. The molecule has 0 atom stereocenters.